The van der Waals surface area contributed by atoms with E-state index in [1.165, 1.54) is 31.2 Å². The molecule has 0 radical (unpaired) electrons. The number of carbonyl (C=O) groups excluding carboxylic acids is 2. The normalized spacial score (nSPS) is 13.3. The second-order valence-corrected chi connectivity index (χ2v) is 9.40. The molecule has 1 fully saturated rings. The van der Waals surface area contributed by atoms with Crippen LogP contribution in [0, 0.1) is 0 Å². The third kappa shape index (κ3) is 5.49. The molecular formula is C33H30O4. The number of hydrogen-bond donors (Lipinski definition) is 0. The van der Waals surface area contributed by atoms with Gasteiger partial charge >= 0.3 is 11.9 Å². The molecule has 0 heterocycles. The zero-order valence-electron chi connectivity index (χ0n) is 21.0. The Morgan fingerprint density at radius 2 is 1.30 bits per heavy atom. The Labute approximate surface area is 217 Å². The molecule has 0 aliphatic heterocycles. The summed E-state index contributed by atoms with van der Waals surface area (Å²) >= 11 is 0. The van der Waals surface area contributed by atoms with Crippen molar-refractivity contribution in [3.8, 4) is 22.6 Å². The van der Waals surface area contributed by atoms with Gasteiger partial charge in [0, 0.05) is 0 Å². The molecule has 0 spiro atoms. The Balaban J connectivity index is 1.59. The number of ether oxygens (including phenoxy) is 2. The molecule has 0 N–H and O–H groups in total. The van der Waals surface area contributed by atoms with Crippen LogP contribution in [-0.4, -0.2) is 11.9 Å². The number of carbonyl (C=O) groups is 2. The molecule has 0 aromatic heterocycles. The molecule has 4 aromatic rings. The molecule has 4 heteroatoms. The lowest BCUT2D eigenvalue weighted by Crippen LogP contribution is -2.14. The predicted molar refractivity (Wildman–Crippen MR) is 145 cm³/mol. The maximum atomic E-state index is 13.1. The van der Waals surface area contributed by atoms with Crippen LogP contribution in [0.2, 0.25) is 0 Å². The zero-order valence-corrected chi connectivity index (χ0v) is 21.0. The van der Waals surface area contributed by atoms with E-state index < -0.39 is 11.9 Å². The average Bonchev–Trinajstić information content (AvgIpc) is 3.50. The summed E-state index contributed by atoms with van der Waals surface area (Å²) in [5, 5.41) is 0. The summed E-state index contributed by atoms with van der Waals surface area (Å²) in [5.74, 6) is 0.0518. The van der Waals surface area contributed by atoms with Gasteiger partial charge in [0.25, 0.3) is 0 Å². The molecule has 1 saturated carbocycles. The second kappa shape index (κ2) is 11.3. The van der Waals surface area contributed by atoms with Gasteiger partial charge in [0.15, 0.2) is 11.5 Å². The van der Waals surface area contributed by atoms with Gasteiger partial charge in [0.1, 0.15) is 0 Å². The number of rotatable bonds is 7. The van der Waals surface area contributed by atoms with Crippen LogP contribution in [0.1, 0.15) is 70.4 Å². The SMILES string of the molecule is CCc1cc(-c2ccccc2C2CCCC2)cc(OC(=O)c2ccccc2)c1OC(=O)c1ccccc1. The Morgan fingerprint density at radius 3 is 1.92 bits per heavy atom. The van der Waals surface area contributed by atoms with E-state index in [1.807, 2.05) is 31.2 Å². The highest BCUT2D eigenvalue weighted by Crippen LogP contribution is 2.43. The van der Waals surface area contributed by atoms with Crippen LogP contribution in [-0.2, 0) is 6.42 Å². The fraction of sp³-hybridized carbons (Fsp3) is 0.212. The van der Waals surface area contributed by atoms with E-state index in [0.29, 0.717) is 23.5 Å². The van der Waals surface area contributed by atoms with E-state index in [0.717, 1.165) is 16.7 Å². The lowest BCUT2D eigenvalue weighted by Gasteiger charge is -2.19. The molecule has 5 rings (SSSR count). The van der Waals surface area contributed by atoms with Crippen molar-refractivity contribution < 1.29 is 19.1 Å². The number of aryl methyl sites for hydroxylation is 1. The molecule has 1 aliphatic rings. The van der Waals surface area contributed by atoms with E-state index in [9.17, 15) is 9.59 Å². The van der Waals surface area contributed by atoms with E-state index in [2.05, 4.69) is 24.3 Å². The van der Waals surface area contributed by atoms with Gasteiger partial charge < -0.3 is 9.47 Å². The first-order valence-electron chi connectivity index (χ1n) is 12.9. The second-order valence-electron chi connectivity index (χ2n) is 9.40. The molecule has 0 saturated heterocycles. The average molecular weight is 491 g/mol. The predicted octanol–water partition coefficient (Wildman–Crippen LogP) is 8.01. The third-order valence-electron chi connectivity index (χ3n) is 7.00. The van der Waals surface area contributed by atoms with Gasteiger partial charge in [-0.2, -0.15) is 0 Å². The number of esters is 2. The number of hydrogen-bond acceptors (Lipinski definition) is 4. The minimum Gasteiger partial charge on any atom is -0.419 e. The molecule has 4 nitrogen and oxygen atoms in total. The highest BCUT2D eigenvalue weighted by Gasteiger charge is 2.24. The first kappa shape index (κ1) is 24.5. The highest BCUT2D eigenvalue weighted by molar-refractivity contribution is 5.94. The van der Waals surface area contributed by atoms with Crippen molar-refractivity contribution in [3.63, 3.8) is 0 Å². The van der Waals surface area contributed by atoms with Crippen molar-refractivity contribution in [2.24, 2.45) is 0 Å². The van der Waals surface area contributed by atoms with Crippen molar-refractivity contribution in [1.29, 1.82) is 0 Å². The molecule has 0 bridgehead atoms. The molecule has 1 aliphatic carbocycles. The molecule has 0 atom stereocenters. The molecule has 37 heavy (non-hydrogen) atoms. The van der Waals surface area contributed by atoms with Crippen LogP contribution in [0.15, 0.2) is 97.1 Å². The largest absolute Gasteiger partial charge is 0.419 e. The summed E-state index contributed by atoms with van der Waals surface area (Å²) in [4.78, 5) is 26.1. The summed E-state index contributed by atoms with van der Waals surface area (Å²) in [6.45, 7) is 2.00. The lowest BCUT2D eigenvalue weighted by atomic mass is 9.88. The van der Waals surface area contributed by atoms with Gasteiger partial charge in [-0.05, 0) is 83.8 Å². The summed E-state index contributed by atoms with van der Waals surface area (Å²) < 4.78 is 11.8. The molecule has 186 valence electrons. The molecule has 0 unspecified atom stereocenters. The van der Waals surface area contributed by atoms with Crippen LogP contribution in [0.3, 0.4) is 0 Å². The Bertz CT molecular complexity index is 1390. The first-order valence-corrected chi connectivity index (χ1v) is 12.9. The van der Waals surface area contributed by atoms with Gasteiger partial charge in [-0.25, -0.2) is 9.59 Å². The van der Waals surface area contributed by atoms with Crippen molar-refractivity contribution in [2.75, 3.05) is 0 Å². The van der Waals surface area contributed by atoms with Crippen LogP contribution >= 0.6 is 0 Å². The monoisotopic (exact) mass is 490 g/mol. The minimum atomic E-state index is -0.499. The fourth-order valence-corrected chi connectivity index (χ4v) is 5.08. The minimum absolute atomic E-state index is 0.244. The summed E-state index contributed by atoms with van der Waals surface area (Å²) in [7, 11) is 0. The molecule has 4 aromatic carbocycles. The first-order chi connectivity index (χ1) is 18.1. The van der Waals surface area contributed by atoms with Gasteiger partial charge in [0.05, 0.1) is 11.1 Å². The standard InChI is InChI=1S/C33H30O4/c1-2-23-21-27(29-20-12-11-19-28(29)24-13-9-10-14-24)22-30(36-32(34)25-15-5-3-6-16-25)31(23)37-33(35)26-17-7-4-8-18-26/h3-8,11-12,15-22,24H,2,9-10,13-14H2,1H3. The van der Waals surface area contributed by atoms with Gasteiger partial charge in [-0.15, -0.1) is 0 Å². The quantitative estimate of drug-likeness (QED) is 0.194. The number of benzene rings is 4. The van der Waals surface area contributed by atoms with Crippen LogP contribution in [0.25, 0.3) is 11.1 Å². The zero-order chi connectivity index (χ0) is 25.6. The maximum Gasteiger partial charge on any atom is 0.343 e. The third-order valence-corrected chi connectivity index (χ3v) is 7.00. The molecule has 0 amide bonds. The van der Waals surface area contributed by atoms with E-state index in [4.69, 9.17) is 9.47 Å². The van der Waals surface area contributed by atoms with E-state index in [-0.39, 0.29) is 11.5 Å². The molecular weight excluding hydrogens is 460 g/mol. The van der Waals surface area contributed by atoms with Crippen LogP contribution in [0.5, 0.6) is 11.5 Å². The Morgan fingerprint density at radius 1 is 0.730 bits per heavy atom. The smallest absolute Gasteiger partial charge is 0.343 e. The maximum absolute atomic E-state index is 13.1. The van der Waals surface area contributed by atoms with E-state index in [1.54, 1.807) is 48.5 Å². The topological polar surface area (TPSA) is 52.6 Å². The van der Waals surface area contributed by atoms with Crippen molar-refractivity contribution >= 4 is 11.9 Å². The fourth-order valence-electron chi connectivity index (χ4n) is 5.08. The Hall–Kier alpha value is -4.18. The van der Waals surface area contributed by atoms with Crippen LogP contribution in [0.4, 0.5) is 0 Å². The highest BCUT2D eigenvalue weighted by atomic mass is 16.6. The summed E-state index contributed by atoms with van der Waals surface area (Å²) in [5.41, 5.74) is 5.06. The van der Waals surface area contributed by atoms with Gasteiger partial charge in [-0.1, -0.05) is 80.4 Å². The van der Waals surface area contributed by atoms with Gasteiger partial charge in [-0.3, -0.25) is 0 Å². The summed E-state index contributed by atoms with van der Waals surface area (Å²) in [6, 6.07) is 30.0. The van der Waals surface area contributed by atoms with Crippen molar-refractivity contribution in [2.45, 2.75) is 44.9 Å². The summed E-state index contributed by atoms with van der Waals surface area (Å²) in [6.07, 6.45) is 5.45. The Kier molecular flexibility index (Phi) is 7.46. The van der Waals surface area contributed by atoms with Crippen LogP contribution < -0.4 is 9.47 Å². The van der Waals surface area contributed by atoms with E-state index >= 15 is 0 Å². The van der Waals surface area contributed by atoms with Crippen molar-refractivity contribution in [1.82, 2.24) is 0 Å². The van der Waals surface area contributed by atoms with Gasteiger partial charge in [0.2, 0.25) is 0 Å². The van der Waals surface area contributed by atoms with Crippen molar-refractivity contribution in [3.05, 3.63) is 119 Å². The lowest BCUT2D eigenvalue weighted by molar-refractivity contribution is 0.0681.